The van der Waals surface area contributed by atoms with E-state index in [0.717, 1.165) is 5.56 Å². The first-order chi connectivity index (χ1) is 13.9. The van der Waals surface area contributed by atoms with Gasteiger partial charge < -0.3 is 19.9 Å². The third kappa shape index (κ3) is 4.51. The third-order valence-corrected chi connectivity index (χ3v) is 4.14. The van der Waals surface area contributed by atoms with Gasteiger partial charge in [0.25, 0.3) is 5.91 Å². The molecule has 1 heterocycles. The molecule has 7 nitrogen and oxygen atoms in total. The summed E-state index contributed by atoms with van der Waals surface area (Å²) in [4.78, 5) is 23.4. The Kier molecular flexibility index (Phi) is 5.47. The Morgan fingerprint density at radius 3 is 2.45 bits per heavy atom. The van der Waals surface area contributed by atoms with Gasteiger partial charge >= 0.3 is 5.97 Å². The number of furan rings is 1. The van der Waals surface area contributed by atoms with Crippen LogP contribution in [-0.2, 0) is 4.79 Å². The number of anilines is 1. The molecular formula is C22H16N2O5. The topological polar surface area (TPSA) is 124 Å². The summed E-state index contributed by atoms with van der Waals surface area (Å²) in [5, 5.41) is 30.2. The Balaban J connectivity index is 1.82. The van der Waals surface area contributed by atoms with Gasteiger partial charge in [0.05, 0.1) is 5.56 Å². The van der Waals surface area contributed by atoms with E-state index in [0.29, 0.717) is 22.8 Å². The third-order valence-electron chi connectivity index (χ3n) is 4.14. The minimum absolute atomic E-state index is 0.0637. The number of rotatable bonds is 5. The lowest BCUT2D eigenvalue weighted by Gasteiger charge is -2.04. The van der Waals surface area contributed by atoms with Gasteiger partial charge in [0.1, 0.15) is 28.9 Å². The molecule has 0 unspecified atom stereocenters. The second-order valence-electron chi connectivity index (χ2n) is 6.21. The van der Waals surface area contributed by atoms with Crippen LogP contribution in [0.5, 0.6) is 5.75 Å². The molecule has 2 aromatic carbocycles. The molecule has 3 rings (SSSR count). The Labute approximate surface area is 166 Å². The van der Waals surface area contributed by atoms with Crippen molar-refractivity contribution in [1.82, 2.24) is 0 Å². The number of nitrogens with zero attached hydrogens (tertiary/aromatic N) is 1. The lowest BCUT2D eigenvalue weighted by atomic mass is 10.0. The van der Waals surface area contributed by atoms with E-state index in [2.05, 4.69) is 5.32 Å². The highest BCUT2D eigenvalue weighted by molar-refractivity contribution is 6.09. The molecule has 0 aliphatic carbocycles. The zero-order chi connectivity index (χ0) is 21.0. The zero-order valence-corrected chi connectivity index (χ0v) is 15.3. The average molecular weight is 388 g/mol. The fourth-order valence-electron chi connectivity index (χ4n) is 2.68. The van der Waals surface area contributed by atoms with Crippen LogP contribution in [0.25, 0.3) is 17.4 Å². The Hall–Kier alpha value is -4.31. The molecule has 0 atom stereocenters. The lowest BCUT2D eigenvalue weighted by Crippen LogP contribution is -2.13. The molecule has 0 aliphatic rings. The number of phenols is 1. The second-order valence-corrected chi connectivity index (χ2v) is 6.21. The molecule has 1 aromatic heterocycles. The first-order valence-corrected chi connectivity index (χ1v) is 8.53. The highest BCUT2D eigenvalue weighted by Gasteiger charge is 2.13. The summed E-state index contributed by atoms with van der Waals surface area (Å²) < 4.78 is 5.71. The molecule has 0 fully saturated rings. The van der Waals surface area contributed by atoms with Gasteiger partial charge in [0.2, 0.25) is 0 Å². The summed E-state index contributed by atoms with van der Waals surface area (Å²) in [6.07, 6.45) is 1.32. The maximum atomic E-state index is 12.3. The van der Waals surface area contributed by atoms with Crippen molar-refractivity contribution in [2.45, 2.75) is 6.92 Å². The van der Waals surface area contributed by atoms with E-state index in [4.69, 9.17) is 9.52 Å². The van der Waals surface area contributed by atoms with Gasteiger partial charge in [0.15, 0.2) is 0 Å². The van der Waals surface area contributed by atoms with E-state index >= 15 is 0 Å². The van der Waals surface area contributed by atoms with Crippen molar-refractivity contribution in [2.24, 2.45) is 0 Å². The van der Waals surface area contributed by atoms with Crippen molar-refractivity contribution in [3.63, 3.8) is 0 Å². The maximum absolute atomic E-state index is 12.3. The van der Waals surface area contributed by atoms with E-state index < -0.39 is 11.9 Å². The Bertz CT molecular complexity index is 1150. The van der Waals surface area contributed by atoms with E-state index in [-0.39, 0.29) is 16.9 Å². The minimum Gasteiger partial charge on any atom is -0.508 e. The SMILES string of the molecule is Cc1cc(C(=O)O)ccc1-c1ccc(C=C(C#N)C(=O)Nc2ccc(O)cc2)o1. The highest BCUT2D eigenvalue weighted by atomic mass is 16.4. The largest absolute Gasteiger partial charge is 0.508 e. The average Bonchev–Trinajstić information content (AvgIpc) is 3.16. The molecule has 1 amide bonds. The normalized spacial score (nSPS) is 11.0. The van der Waals surface area contributed by atoms with Gasteiger partial charge in [-0.3, -0.25) is 4.79 Å². The number of carbonyl (C=O) groups is 2. The van der Waals surface area contributed by atoms with Crippen LogP contribution < -0.4 is 5.32 Å². The molecule has 0 spiro atoms. The fourth-order valence-corrected chi connectivity index (χ4v) is 2.68. The number of carboxylic acid groups (broad SMARTS) is 1. The van der Waals surface area contributed by atoms with Gasteiger partial charge in [-0.05, 0) is 61.0 Å². The monoisotopic (exact) mass is 388 g/mol. The molecule has 0 saturated heterocycles. The number of aromatic hydroxyl groups is 1. The molecule has 0 saturated carbocycles. The summed E-state index contributed by atoms with van der Waals surface area (Å²) >= 11 is 0. The minimum atomic E-state index is -1.01. The van der Waals surface area contributed by atoms with Crippen LogP contribution in [0, 0.1) is 18.3 Å². The van der Waals surface area contributed by atoms with Gasteiger partial charge in [-0.2, -0.15) is 5.26 Å². The number of aromatic carboxylic acids is 1. The van der Waals surface area contributed by atoms with Crippen LogP contribution in [-0.4, -0.2) is 22.1 Å². The van der Waals surface area contributed by atoms with Crippen LogP contribution in [0.15, 0.2) is 64.6 Å². The van der Waals surface area contributed by atoms with Crippen molar-refractivity contribution in [2.75, 3.05) is 5.32 Å². The van der Waals surface area contributed by atoms with Gasteiger partial charge in [0, 0.05) is 17.3 Å². The number of phenolic OH excluding ortho intramolecular Hbond substituents is 1. The second kappa shape index (κ2) is 8.15. The molecule has 0 bridgehead atoms. The quantitative estimate of drug-likeness (QED) is 0.342. The van der Waals surface area contributed by atoms with Crippen LogP contribution in [0.1, 0.15) is 21.7 Å². The Morgan fingerprint density at radius 2 is 1.83 bits per heavy atom. The Morgan fingerprint density at radius 1 is 1.10 bits per heavy atom. The molecule has 7 heteroatoms. The van der Waals surface area contributed by atoms with E-state index in [1.807, 2.05) is 6.07 Å². The number of amides is 1. The number of benzene rings is 2. The number of carbonyl (C=O) groups excluding carboxylic acids is 1. The molecular weight excluding hydrogens is 372 g/mol. The maximum Gasteiger partial charge on any atom is 0.335 e. The highest BCUT2D eigenvalue weighted by Crippen LogP contribution is 2.27. The summed E-state index contributed by atoms with van der Waals surface area (Å²) in [6.45, 7) is 1.77. The van der Waals surface area contributed by atoms with Crippen molar-refractivity contribution < 1.29 is 24.2 Å². The number of nitriles is 1. The molecule has 29 heavy (non-hydrogen) atoms. The number of carboxylic acids is 1. The number of hydrogen-bond acceptors (Lipinski definition) is 5. The van der Waals surface area contributed by atoms with Crippen molar-refractivity contribution in [1.29, 1.82) is 5.26 Å². The van der Waals surface area contributed by atoms with Crippen LogP contribution >= 0.6 is 0 Å². The first kappa shape index (κ1) is 19.5. The number of hydrogen-bond donors (Lipinski definition) is 3. The fraction of sp³-hybridized carbons (Fsp3) is 0.0455. The summed E-state index contributed by atoms with van der Waals surface area (Å²) in [7, 11) is 0. The predicted octanol–water partition coefficient (Wildman–Crippen LogP) is 4.20. The van der Waals surface area contributed by atoms with Crippen LogP contribution in [0.3, 0.4) is 0 Å². The number of nitrogens with one attached hydrogen (secondary N) is 1. The van der Waals surface area contributed by atoms with Crippen LogP contribution in [0.4, 0.5) is 5.69 Å². The van der Waals surface area contributed by atoms with Gasteiger partial charge in [-0.15, -0.1) is 0 Å². The van der Waals surface area contributed by atoms with Crippen molar-refractivity contribution in [3.8, 4) is 23.1 Å². The summed E-state index contributed by atoms with van der Waals surface area (Å²) in [6, 6.07) is 15.7. The standard InChI is InChI=1S/C22H16N2O5/c1-13-10-14(22(27)28)2-8-19(13)20-9-7-18(29-20)11-15(12-23)21(26)24-16-3-5-17(25)6-4-16/h2-11,25H,1H3,(H,24,26)(H,27,28). The first-order valence-electron chi connectivity index (χ1n) is 8.53. The summed E-state index contributed by atoms with van der Waals surface area (Å²) in [5.41, 5.74) is 1.89. The van der Waals surface area contributed by atoms with E-state index in [1.165, 1.54) is 36.4 Å². The lowest BCUT2D eigenvalue weighted by molar-refractivity contribution is -0.112. The number of aryl methyl sites for hydroxylation is 1. The van der Waals surface area contributed by atoms with Crippen LogP contribution in [0.2, 0.25) is 0 Å². The molecule has 144 valence electrons. The molecule has 3 aromatic rings. The molecule has 0 radical (unpaired) electrons. The molecule has 3 N–H and O–H groups in total. The van der Waals surface area contributed by atoms with Crippen molar-refractivity contribution >= 4 is 23.6 Å². The smallest absolute Gasteiger partial charge is 0.335 e. The van der Waals surface area contributed by atoms with Crippen molar-refractivity contribution in [3.05, 3.63) is 77.1 Å². The van der Waals surface area contributed by atoms with Gasteiger partial charge in [-0.25, -0.2) is 4.79 Å². The molecule has 0 aliphatic heterocycles. The van der Waals surface area contributed by atoms with E-state index in [1.54, 1.807) is 31.2 Å². The van der Waals surface area contributed by atoms with Gasteiger partial charge in [-0.1, -0.05) is 6.07 Å². The van der Waals surface area contributed by atoms with E-state index in [9.17, 15) is 20.0 Å². The predicted molar refractivity (Wildman–Crippen MR) is 106 cm³/mol. The summed E-state index contributed by atoms with van der Waals surface area (Å²) in [5.74, 6) is -0.769. The zero-order valence-electron chi connectivity index (χ0n) is 15.3.